The molecular weight excluding hydrogens is 432 g/mol. The van der Waals surface area contributed by atoms with Crippen molar-refractivity contribution in [3.05, 3.63) is 70.1 Å². The van der Waals surface area contributed by atoms with Crippen LogP contribution in [0.15, 0.2) is 58.2 Å². The van der Waals surface area contributed by atoms with Gasteiger partial charge in [-0.05, 0) is 45.9 Å². The zero-order chi connectivity index (χ0) is 23.6. The first-order valence-corrected chi connectivity index (χ1v) is 11.6. The fourth-order valence-electron chi connectivity index (χ4n) is 3.12. The van der Waals surface area contributed by atoms with E-state index in [9.17, 15) is 22.8 Å². The molecule has 1 aromatic heterocycles. The van der Waals surface area contributed by atoms with Crippen LogP contribution in [0.2, 0.25) is 0 Å². The Hall–Kier alpha value is -3.53. The van der Waals surface area contributed by atoms with Crippen molar-refractivity contribution in [1.82, 2.24) is 20.6 Å². The Labute approximate surface area is 185 Å². The van der Waals surface area contributed by atoms with Crippen LogP contribution in [0.25, 0.3) is 10.8 Å². The third-order valence-electron chi connectivity index (χ3n) is 4.88. The summed E-state index contributed by atoms with van der Waals surface area (Å²) < 4.78 is 26.4. The van der Waals surface area contributed by atoms with Gasteiger partial charge >= 0.3 is 0 Å². The molecule has 0 unspecified atom stereocenters. The minimum absolute atomic E-state index is 0.0442. The van der Waals surface area contributed by atoms with Gasteiger partial charge in [0.2, 0.25) is 0 Å². The molecule has 168 valence electrons. The standard InChI is InChI=1S/C22H24N4O5S/c1-13(2)26-22(29)16-10-6-5-9-15(16)19(25-26)21(28)24-23-20(27)17-11-7-8-12-18(17)32(30,31)14(3)4/h5-14H,1-4H3,(H,23,27)(H,24,28). The monoisotopic (exact) mass is 456 g/mol. The third-order valence-corrected chi connectivity index (χ3v) is 7.09. The Kier molecular flexibility index (Phi) is 6.45. The van der Waals surface area contributed by atoms with Gasteiger partial charge in [0.05, 0.1) is 27.1 Å². The number of carbonyl (C=O) groups excluding carboxylic acids is 2. The van der Waals surface area contributed by atoms with Crippen LogP contribution in [0, 0.1) is 0 Å². The van der Waals surface area contributed by atoms with Crippen LogP contribution < -0.4 is 16.4 Å². The Balaban J connectivity index is 1.93. The van der Waals surface area contributed by atoms with Crippen LogP contribution in [0.5, 0.6) is 0 Å². The first-order chi connectivity index (χ1) is 15.1. The second-order valence-electron chi connectivity index (χ2n) is 7.74. The fourth-order valence-corrected chi connectivity index (χ4v) is 4.36. The summed E-state index contributed by atoms with van der Waals surface area (Å²) in [5.41, 5.74) is 4.05. The minimum Gasteiger partial charge on any atom is -0.267 e. The lowest BCUT2D eigenvalue weighted by molar-refractivity contribution is 0.0841. The van der Waals surface area contributed by atoms with E-state index >= 15 is 0 Å². The molecule has 3 aromatic rings. The normalized spacial score (nSPS) is 11.7. The Bertz CT molecular complexity index is 1360. The quantitative estimate of drug-likeness (QED) is 0.567. The lowest BCUT2D eigenvalue weighted by atomic mass is 10.1. The van der Waals surface area contributed by atoms with Gasteiger partial charge in [-0.15, -0.1) is 0 Å². The zero-order valence-corrected chi connectivity index (χ0v) is 18.9. The van der Waals surface area contributed by atoms with Crippen molar-refractivity contribution in [1.29, 1.82) is 0 Å². The van der Waals surface area contributed by atoms with Crippen molar-refractivity contribution in [2.24, 2.45) is 0 Å². The van der Waals surface area contributed by atoms with Crippen molar-refractivity contribution in [2.45, 2.75) is 43.9 Å². The number of hydrazine groups is 1. The highest BCUT2D eigenvalue weighted by molar-refractivity contribution is 7.92. The molecule has 2 amide bonds. The van der Waals surface area contributed by atoms with E-state index in [-0.39, 0.29) is 27.8 Å². The van der Waals surface area contributed by atoms with Gasteiger partial charge in [0.15, 0.2) is 15.5 Å². The number of hydrogen-bond donors (Lipinski definition) is 2. The molecule has 0 radical (unpaired) electrons. The summed E-state index contributed by atoms with van der Waals surface area (Å²) in [6, 6.07) is 12.0. The third kappa shape index (κ3) is 4.26. The SMILES string of the molecule is CC(C)n1nc(C(=O)NNC(=O)c2ccccc2S(=O)(=O)C(C)C)c2ccccc2c1=O. The van der Waals surface area contributed by atoms with Crippen molar-refractivity contribution in [2.75, 3.05) is 0 Å². The summed E-state index contributed by atoms with van der Waals surface area (Å²) in [4.78, 5) is 38.0. The van der Waals surface area contributed by atoms with E-state index in [2.05, 4.69) is 16.0 Å². The first kappa shape index (κ1) is 23.1. The minimum atomic E-state index is -3.72. The van der Waals surface area contributed by atoms with Crippen LogP contribution in [-0.4, -0.2) is 35.3 Å². The molecule has 1 heterocycles. The molecule has 0 aliphatic rings. The van der Waals surface area contributed by atoms with Gasteiger partial charge in [0, 0.05) is 5.39 Å². The first-order valence-electron chi connectivity index (χ1n) is 10.0. The largest absolute Gasteiger partial charge is 0.290 e. The maximum absolute atomic E-state index is 12.8. The van der Waals surface area contributed by atoms with Crippen LogP contribution in [-0.2, 0) is 9.84 Å². The lowest BCUT2D eigenvalue weighted by Gasteiger charge is -2.15. The van der Waals surface area contributed by atoms with Crippen molar-refractivity contribution >= 4 is 32.4 Å². The summed E-state index contributed by atoms with van der Waals surface area (Å²) in [6.45, 7) is 6.57. The highest BCUT2D eigenvalue weighted by Gasteiger charge is 2.26. The fraction of sp³-hybridized carbons (Fsp3) is 0.273. The van der Waals surface area contributed by atoms with Gasteiger partial charge < -0.3 is 0 Å². The smallest absolute Gasteiger partial charge is 0.267 e. The molecule has 0 spiro atoms. The summed E-state index contributed by atoms with van der Waals surface area (Å²) in [7, 11) is -3.72. The molecule has 0 saturated heterocycles. The van der Waals surface area contributed by atoms with Gasteiger partial charge in [-0.25, -0.2) is 13.1 Å². The van der Waals surface area contributed by atoms with Crippen molar-refractivity contribution in [3.8, 4) is 0 Å². The zero-order valence-electron chi connectivity index (χ0n) is 18.1. The van der Waals surface area contributed by atoms with Gasteiger partial charge in [-0.1, -0.05) is 30.3 Å². The van der Waals surface area contributed by atoms with E-state index in [4.69, 9.17) is 0 Å². The van der Waals surface area contributed by atoms with Gasteiger partial charge in [-0.3, -0.25) is 25.2 Å². The Morgan fingerprint density at radius 3 is 2.06 bits per heavy atom. The topological polar surface area (TPSA) is 127 Å². The summed E-state index contributed by atoms with van der Waals surface area (Å²) >= 11 is 0. The number of amides is 2. The number of rotatable bonds is 5. The molecule has 2 aromatic carbocycles. The molecule has 0 aliphatic carbocycles. The van der Waals surface area contributed by atoms with E-state index < -0.39 is 26.9 Å². The van der Waals surface area contributed by atoms with Crippen molar-refractivity contribution in [3.63, 3.8) is 0 Å². The number of benzene rings is 2. The number of aromatic nitrogens is 2. The molecule has 3 rings (SSSR count). The van der Waals surface area contributed by atoms with Gasteiger partial charge in [-0.2, -0.15) is 5.10 Å². The predicted octanol–water partition coefficient (Wildman–Crippen LogP) is 2.23. The van der Waals surface area contributed by atoms with E-state index in [0.29, 0.717) is 10.8 Å². The molecule has 9 nitrogen and oxygen atoms in total. The number of sulfone groups is 1. The average molecular weight is 457 g/mol. The van der Waals surface area contributed by atoms with Gasteiger partial charge in [0.1, 0.15) is 0 Å². The van der Waals surface area contributed by atoms with Gasteiger partial charge in [0.25, 0.3) is 17.4 Å². The number of hydrogen-bond acceptors (Lipinski definition) is 6. The second-order valence-corrected chi connectivity index (χ2v) is 10.2. The van der Waals surface area contributed by atoms with Crippen LogP contribution >= 0.6 is 0 Å². The van der Waals surface area contributed by atoms with Crippen LogP contribution in [0.3, 0.4) is 0 Å². The van der Waals surface area contributed by atoms with E-state index in [1.54, 1.807) is 38.1 Å². The highest BCUT2D eigenvalue weighted by Crippen LogP contribution is 2.20. The van der Waals surface area contributed by atoms with E-state index in [1.165, 1.54) is 42.8 Å². The molecule has 0 atom stereocenters. The van der Waals surface area contributed by atoms with E-state index in [1.807, 2.05) is 0 Å². The summed E-state index contributed by atoms with van der Waals surface area (Å²) in [5, 5.41) is 4.11. The average Bonchev–Trinajstić information content (AvgIpc) is 2.77. The summed E-state index contributed by atoms with van der Waals surface area (Å²) in [5.74, 6) is -1.53. The number of nitrogens with one attached hydrogen (secondary N) is 2. The highest BCUT2D eigenvalue weighted by atomic mass is 32.2. The molecule has 0 bridgehead atoms. The maximum atomic E-state index is 12.8. The molecule has 32 heavy (non-hydrogen) atoms. The number of nitrogens with zero attached hydrogens (tertiary/aromatic N) is 2. The Morgan fingerprint density at radius 1 is 0.875 bits per heavy atom. The van der Waals surface area contributed by atoms with Crippen LogP contribution in [0.1, 0.15) is 54.6 Å². The number of fused-ring (bicyclic) bond motifs is 1. The molecule has 2 N–H and O–H groups in total. The number of carbonyl (C=O) groups is 2. The van der Waals surface area contributed by atoms with Crippen molar-refractivity contribution < 1.29 is 18.0 Å². The Morgan fingerprint density at radius 2 is 1.44 bits per heavy atom. The predicted molar refractivity (Wildman–Crippen MR) is 120 cm³/mol. The van der Waals surface area contributed by atoms with Crippen LogP contribution in [0.4, 0.5) is 0 Å². The molecule has 0 fully saturated rings. The molecule has 0 aliphatic heterocycles. The molecule has 0 saturated carbocycles. The molecular formula is C22H24N4O5S. The lowest BCUT2D eigenvalue weighted by Crippen LogP contribution is -2.43. The maximum Gasteiger partial charge on any atom is 0.290 e. The van der Waals surface area contributed by atoms with E-state index in [0.717, 1.165) is 0 Å². The molecule has 10 heteroatoms. The second kappa shape index (κ2) is 8.91. The summed E-state index contributed by atoms with van der Waals surface area (Å²) in [6.07, 6.45) is 0.